The molecule has 1 heterocycles. The smallest absolute Gasteiger partial charge is 0.244 e. The van der Waals surface area contributed by atoms with Crippen molar-refractivity contribution in [1.82, 2.24) is 19.9 Å². The van der Waals surface area contributed by atoms with Gasteiger partial charge in [0.05, 0.1) is 19.7 Å². The predicted molar refractivity (Wildman–Crippen MR) is 93.5 cm³/mol. The minimum Gasteiger partial charge on any atom is -0.493 e. The molecule has 0 saturated carbocycles. The molecule has 3 aromatic rings. The molecule has 0 unspecified atom stereocenters. The molecule has 0 saturated heterocycles. The van der Waals surface area contributed by atoms with Gasteiger partial charge in [0.1, 0.15) is 12.1 Å². The fourth-order valence-electron chi connectivity index (χ4n) is 2.70. The minimum absolute atomic E-state index is 0.0690. The Morgan fingerprint density at radius 1 is 1.12 bits per heavy atom. The number of carbonyl (C=O) groups excluding carboxylic acids is 1. The van der Waals surface area contributed by atoms with Crippen LogP contribution in [0.2, 0.25) is 0 Å². The Morgan fingerprint density at radius 2 is 1.92 bits per heavy atom. The molecule has 7 nitrogen and oxygen atoms in total. The third-order valence-corrected chi connectivity index (χ3v) is 4.02. The van der Waals surface area contributed by atoms with E-state index in [9.17, 15) is 4.79 Å². The van der Waals surface area contributed by atoms with Crippen LogP contribution in [0.3, 0.4) is 0 Å². The van der Waals surface area contributed by atoms with E-state index in [0.29, 0.717) is 18.0 Å². The zero-order valence-corrected chi connectivity index (χ0v) is 14.5. The average molecular weight is 340 g/mol. The number of likely N-dealkylation sites (N-methyl/N-ethyl adjacent to an activating group) is 1. The summed E-state index contributed by atoms with van der Waals surface area (Å²) in [7, 11) is 4.93. The Morgan fingerprint density at radius 3 is 2.68 bits per heavy atom. The van der Waals surface area contributed by atoms with Gasteiger partial charge in [-0.05, 0) is 18.2 Å². The normalized spacial score (nSPS) is 10.7. The Kier molecular flexibility index (Phi) is 4.83. The number of methoxy groups -OCH3 is 2. The summed E-state index contributed by atoms with van der Waals surface area (Å²) in [6, 6.07) is 13.2. The zero-order chi connectivity index (χ0) is 17.8. The van der Waals surface area contributed by atoms with Gasteiger partial charge in [-0.3, -0.25) is 4.79 Å². The third-order valence-electron chi connectivity index (χ3n) is 4.02. The van der Waals surface area contributed by atoms with Gasteiger partial charge in [0.2, 0.25) is 5.91 Å². The molecule has 0 N–H and O–H groups in total. The first-order chi connectivity index (χ1) is 12.1. The van der Waals surface area contributed by atoms with Crippen molar-refractivity contribution in [2.75, 3.05) is 21.3 Å². The van der Waals surface area contributed by atoms with Crippen LogP contribution in [-0.2, 0) is 17.9 Å². The quantitative estimate of drug-likeness (QED) is 0.687. The van der Waals surface area contributed by atoms with Crippen molar-refractivity contribution in [2.45, 2.75) is 13.1 Å². The number of amides is 1. The van der Waals surface area contributed by atoms with Crippen molar-refractivity contribution in [3.05, 3.63) is 48.0 Å². The van der Waals surface area contributed by atoms with E-state index in [2.05, 4.69) is 10.3 Å². The summed E-state index contributed by atoms with van der Waals surface area (Å²) in [5.74, 6) is 1.21. The molecule has 0 aliphatic rings. The second-order valence-corrected chi connectivity index (χ2v) is 5.64. The first-order valence-electron chi connectivity index (χ1n) is 7.86. The van der Waals surface area contributed by atoms with Gasteiger partial charge < -0.3 is 14.4 Å². The Bertz CT molecular complexity index is 891. The highest BCUT2D eigenvalue weighted by atomic mass is 16.5. The van der Waals surface area contributed by atoms with Crippen molar-refractivity contribution in [2.24, 2.45) is 0 Å². The van der Waals surface area contributed by atoms with E-state index in [0.717, 1.165) is 16.6 Å². The molecule has 0 aliphatic carbocycles. The molecule has 0 fully saturated rings. The highest BCUT2D eigenvalue weighted by molar-refractivity contribution is 5.79. The second kappa shape index (κ2) is 7.21. The van der Waals surface area contributed by atoms with E-state index in [1.807, 2.05) is 42.5 Å². The number of aromatic nitrogens is 3. The summed E-state index contributed by atoms with van der Waals surface area (Å²) in [6.45, 7) is 0.537. The van der Waals surface area contributed by atoms with Gasteiger partial charge in [0, 0.05) is 19.2 Å². The van der Waals surface area contributed by atoms with Gasteiger partial charge in [-0.2, -0.15) is 0 Å². The molecule has 0 atom stereocenters. The lowest BCUT2D eigenvalue weighted by atomic mass is 10.1. The van der Waals surface area contributed by atoms with Crippen molar-refractivity contribution in [3.63, 3.8) is 0 Å². The first-order valence-corrected chi connectivity index (χ1v) is 7.86. The fraction of sp³-hybridized carbons (Fsp3) is 0.278. The molecule has 7 heteroatoms. The zero-order valence-electron chi connectivity index (χ0n) is 14.5. The Balaban J connectivity index is 1.75. The van der Waals surface area contributed by atoms with Crippen molar-refractivity contribution in [1.29, 1.82) is 0 Å². The molecule has 0 spiro atoms. The summed E-state index contributed by atoms with van der Waals surface area (Å²) < 4.78 is 12.3. The summed E-state index contributed by atoms with van der Waals surface area (Å²) >= 11 is 0. The summed E-state index contributed by atoms with van der Waals surface area (Å²) in [6.07, 6.45) is 0. The Labute approximate surface area is 145 Å². The molecule has 25 heavy (non-hydrogen) atoms. The monoisotopic (exact) mass is 340 g/mol. The molecule has 3 rings (SSSR count). The number of ether oxygens (including phenoxy) is 2. The van der Waals surface area contributed by atoms with E-state index in [1.54, 1.807) is 30.8 Å². The maximum Gasteiger partial charge on any atom is 0.244 e. The van der Waals surface area contributed by atoms with Crippen LogP contribution in [0.4, 0.5) is 0 Å². The van der Waals surface area contributed by atoms with Gasteiger partial charge in [-0.25, -0.2) is 4.68 Å². The number of carbonyl (C=O) groups is 1. The average Bonchev–Trinajstić information content (AvgIpc) is 3.04. The van der Waals surface area contributed by atoms with Crippen LogP contribution in [-0.4, -0.2) is 47.1 Å². The predicted octanol–water partition coefficient (Wildman–Crippen LogP) is 2.11. The van der Waals surface area contributed by atoms with Crippen LogP contribution in [0.5, 0.6) is 11.5 Å². The highest BCUT2D eigenvalue weighted by Crippen LogP contribution is 2.31. The maximum absolute atomic E-state index is 12.6. The van der Waals surface area contributed by atoms with Crippen LogP contribution < -0.4 is 9.47 Å². The molecule has 0 bridgehead atoms. The standard InChI is InChI=1S/C18H20N4O3/c1-21(11-13-7-6-10-16(24-2)18(13)25-3)17(23)12-22-15-9-5-4-8-14(15)19-20-22/h4-10H,11-12H2,1-3H3. The van der Waals surface area contributed by atoms with Crippen molar-refractivity contribution < 1.29 is 14.3 Å². The first kappa shape index (κ1) is 16.8. The lowest BCUT2D eigenvalue weighted by molar-refractivity contribution is -0.131. The number of fused-ring (bicyclic) bond motifs is 1. The van der Waals surface area contributed by atoms with Gasteiger partial charge in [-0.1, -0.05) is 29.5 Å². The molecule has 0 radical (unpaired) electrons. The lowest BCUT2D eigenvalue weighted by Gasteiger charge is -2.20. The molecular weight excluding hydrogens is 320 g/mol. The summed E-state index contributed by atoms with van der Waals surface area (Å²) in [5, 5.41) is 8.13. The number of hydrogen-bond donors (Lipinski definition) is 0. The highest BCUT2D eigenvalue weighted by Gasteiger charge is 2.16. The Hall–Kier alpha value is -3.09. The van der Waals surface area contributed by atoms with E-state index >= 15 is 0 Å². The topological polar surface area (TPSA) is 69.5 Å². The number of rotatable bonds is 6. The second-order valence-electron chi connectivity index (χ2n) is 5.64. The molecule has 2 aromatic carbocycles. The van der Waals surface area contributed by atoms with Crippen molar-refractivity contribution in [3.8, 4) is 11.5 Å². The SMILES string of the molecule is COc1cccc(CN(C)C(=O)Cn2nnc3ccccc32)c1OC. The van der Waals surface area contributed by atoms with Gasteiger partial charge in [-0.15, -0.1) is 5.10 Å². The number of para-hydroxylation sites is 2. The van der Waals surface area contributed by atoms with E-state index in [4.69, 9.17) is 9.47 Å². The van der Waals surface area contributed by atoms with Gasteiger partial charge in [0.15, 0.2) is 11.5 Å². The van der Waals surface area contributed by atoms with Crippen LogP contribution >= 0.6 is 0 Å². The third kappa shape index (κ3) is 3.40. The number of hydrogen-bond acceptors (Lipinski definition) is 5. The largest absolute Gasteiger partial charge is 0.493 e. The minimum atomic E-state index is -0.0690. The molecule has 1 aromatic heterocycles. The maximum atomic E-state index is 12.6. The summed E-state index contributed by atoms with van der Waals surface area (Å²) in [4.78, 5) is 14.2. The summed E-state index contributed by atoms with van der Waals surface area (Å²) in [5.41, 5.74) is 2.48. The lowest BCUT2D eigenvalue weighted by Crippen LogP contribution is -2.30. The molecule has 1 amide bonds. The van der Waals surface area contributed by atoms with Gasteiger partial charge in [0.25, 0.3) is 0 Å². The number of nitrogens with zero attached hydrogens (tertiary/aromatic N) is 4. The molecular formula is C18H20N4O3. The van der Waals surface area contributed by atoms with E-state index < -0.39 is 0 Å². The van der Waals surface area contributed by atoms with Crippen LogP contribution in [0, 0.1) is 0 Å². The molecule has 130 valence electrons. The fourth-order valence-corrected chi connectivity index (χ4v) is 2.70. The van der Waals surface area contributed by atoms with Crippen molar-refractivity contribution >= 4 is 16.9 Å². The van der Waals surface area contributed by atoms with E-state index in [-0.39, 0.29) is 12.5 Å². The number of benzene rings is 2. The van der Waals surface area contributed by atoms with Gasteiger partial charge >= 0.3 is 0 Å². The van der Waals surface area contributed by atoms with Crippen LogP contribution in [0.1, 0.15) is 5.56 Å². The van der Waals surface area contributed by atoms with E-state index in [1.165, 1.54) is 0 Å². The van der Waals surface area contributed by atoms with Crippen LogP contribution in [0.25, 0.3) is 11.0 Å². The van der Waals surface area contributed by atoms with Crippen LogP contribution in [0.15, 0.2) is 42.5 Å². The molecule has 0 aliphatic heterocycles.